The second-order valence-electron chi connectivity index (χ2n) is 6.00. The molecule has 26 heavy (non-hydrogen) atoms. The summed E-state index contributed by atoms with van der Waals surface area (Å²) in [6.07, 6.45) is 0. The fraction of sp³-hybridized carbons (Fsp3) is 0.294. The lowest BCUT2D eigenvalue weighted by atomic mass is 9.99. The number of nitrogens with zero attached hydrogens (tertiary/aromatic N) is 2. The lowest BCUT2D eigenvalue weighted by Crippen LogP contribution is -2.41. The molecular weight excluding hydrogens is 342 g/mol. The van der Waals surface area contributed by atoms with Crippen LogP contribution in [0.4, 0.5) is 10.5 Å². The van der Waals surface area contributed by atoms with Gasteiger partial charge in [0, 0.05) is 6.07 Å². The van der Waals surface area contributed by atoms with Crippen molar-refractivity contribution < 1.29 is 23.7 Å². The molecular formula is C17H17N3O6. The van der Waals surface area contributed by atoms with Crippen LogP contribution in [0.15, 0.2) is 40.8 Å². The van der Waals surface area contributed by atoms with E-state index >= 15 is 0 Å². The van der Waals surface area contributed by atoms with Crippen LogP contribution in [0, 0.1) is 17.0 Å². The molecule has 1 aromatic carbocycles. The van der Waals surface area contributed by atoms with Crippen LogP contribution >= 0.6 is 0 Å². The molecule has 9 heteroatoms. The first-order chi connectivity index (χ1) is 12.3. The minimum absolute atomic E-state index is 0.0496. The third-order valence-corrected chi connectivity index (χ3v) is 4.14. The maximum Gasteiger partial charge on any atom is 0.325 e. The van der Waals surface area contributed by atoms with E-state index in [4.69, 9.17) is 9.15 Å². The monoisotopic (exact) mass is 359 g/mol. The van der Waals surface area contributed by atoms with Crippen LogP contribution in [0.2, 0.25) is 0 Å². The van der Waals surface area contributed by atoms with E-state index in [2.05, 4.69) is 5.32 Å². The van der Waals surface area contributed by atoms with Gasteiger partial charge in [0.05, 0.1) is 11.5 Å². The minimum atomic E-state index is -1.29. The third-order valence-electron chi connectivity index (χ3n) is 4.14. The summed E-state index contributed by atoms with van der Waals surface area (Å²) in [6.45, 7) is 3.18. The number of nitro groups is 1. The molecule has 0 aliphatic carbocycles. The number of nitrogens with one attached hydrogen (secondary N) is 1. The summed E-state index contributed by atoms with van der Waals surface area (Å²) in [6, 6.07) is 8.68. The molecule has 0 bridgehead atoms. The van der Waals surface area contributed by atoms with Gasteiger partial charge in [0.15, 0.2) is 11.3 Å². The Morgan fingerprint density at radius 1 is 1.27 bits per heavy atom. The van der Waals surface area contributed by atoms with Crippen molar-refractivity contribution in [3.05, 3.63) is 58.0 Å². The smallest absolute Gasteiger partial charge is 0.325 e. The summed E-state index contributed by atoms with van der Waals surface area (Å²) in [4.78, 5) is 36.3. The Morgan fingerprint density at radius 2 is 2.00 bits per heavy atom. The number of amides is 3. The Hall–Kier alpha value is -3.36. The number of carbonyl (C=O) groups is 2. The molecule has 1 aromatic heterocycles. The second kappa shape index (κ2) is 6.51. The van der Waals surface area contributed by atoms with Crippen molar-refractivity contribution >= 4 is 17.6 Å². The first kappa shape index (κ1) is 17.5. The number of hydrogen-bond donors (Lipinski definition) is 1. The van der Waals surface area contributed by atoms with Gasteiger partial charge in [-0.15, -0.1) is 0 Å². The molecule has 2 heterocycles. The highest BCUT2D eigenvalue weighted by molar-refractivity contribution is 6.06. The molecule has 0 spiro atoms. The quantitative estimate of drug-likeness (QED) is 0.481. The second-order valence-corrected chi connectivity index (χ2v) is 6.00. The number of nitro benzene ring substituents is 1. The molecule has 136 valence electrons. The number of carbonyl (C=O) groups excluding carboxylic acids is 2. The van der Waals surface area contributed by atoms with E-state index in [0.29, 0.717) is 11.5 Å². The molecule has 1 atom stereocenters. The van der Waals surface area contributed by atoms with Crippen molar-refractivity contribution in [2.24, 2.45) is 0 Å². The Balaban J connectivity index is 1.69. The van der Waals surface area contributed by atoms with Crippen LogP contribution in [-0.2, 0) is 10.3 Å². The van der Waals surface area contributed by atoms with E-state index in [1.165, 1.54) is 18.2 Å². The molecule has 1 aliphatic rings. The summed E-state index contributed by atoms with van der Waals surface area (Å²) in [7, 11) is 0. The van der Waals surface area contributed by atoms with Crippen molar-refractivity contribution in [1.29, 1.82) is 0 Å². The van der Waals surface area contributed by atoms with Crippen molar-refractivity contribution in [3.63, 3.8) is 0 Å². The maximum atomic E-state index is 12.7. The Labute approximate surface area is 148 Å². The predicted octanol–water partition coefficient (Wildman–Crippen LogP) is 2.34. The van der Waals surface area contributed by atoms with Gasteiger partial charge in [0.2, 0.25) is 0 Å². The summed E-state index contributed by atoms with van der Waals surface area (Å²) < 4.78 is 10.9. The van der Waals surface area contributed by atoms with Crippen molar-refractivity contribution in [3.8, 4) is 5.75 Å². The molecule has 1 saturated heterocycles. The van der Waals surface area contributed by atoms with Crippen LogP contribution in [-0.4, -0.2) is 34.9 Å². The Bertz CT molecular complexity index is 877. The molecule has 0 radical (unpaired) electrons. The summed E-state index contributed by atoms with van der Waals surface area (Å²) in [5, 5.41) is 13.6. The molecule has 2 aromatic rings. The van der Waals surface area contributed by atoms with Gasteiger partial charge in [-0.1, -0.05) is 12.1 Å². The number of benzene rings is 1. The van der Waals surface area contributed by atoms with Gasteiger partial charge in [-0.2, -0.15) is 0 Å². The van der Waals surface area contributed by atoms with Gasteiger partial charge < -0.3 is 14.5 Å². The van der Waals surface area contributed by atoms with Crippen molar-refractivity contribution in [2.45, 2.75) is 19.4 Å². The van der Waals surface area contributed by atoms with E-state index in [0.717, 1.165) is 4.90 Å². The topological polar surface area (TPSA) is 115 Å². The van der Waals surface area contributed by atoms with Crippen LogP contribution < -0.4 is 10.1 Å². The number of imide groups is 1. The van der Waals surface area contributed by atoms with E-state index in [1.807, 2.05) is 0 Å². The Kier molecular flexibility index (Phi) is 4.37. The number of para-hydroxylation sites is 2. The molecule has 3 rings (SSSR count). The lowest BCUT2D eigenvalue weighted by Gasteiger charge is -2.19. The molecule has 0 saturated carbocycles. The number of furan rings is 1. The highest BCUT2D eigenvalue weighted by Gasteiger charge is 2.50. The highest BCUT2D eigenvalue weighted by atomic mass is 16.6. The summed E-state index contributed by atoms with van der Waals surface area (Å²) in [5.74, 6) is 0.578. The van der Waals surface area contributed by atoms with Crippen molar-refractivity contribution in [1.82, 2.24) is 10.2 Å². The molecule has 1 unspecified atom stereocenters. The normalized spacial score (nSPS) is 19.5. The van der Waals surface area contributed by atoms with Gasteiger partial charge in [-0.3, -0.25) is 19.8 Å². The van der Waals surface area contributed by atoms with E-state index in [-0.39, 0.29) is 24.6 Å². The fourth-order valence-electron chi connectivity index (χ4n) is 2.75. The van der Waals surface area contributed by atoms with Crippen molar-refractivity contribution in [2.75, 3.05) is 13.2 Å². The first-order valence-corrected chi connectivity index (χ1v) is 7.90. The predicted molar refractivity (Wildman–Crippen MR) is 89.6 cm³/mol. The largest absolute Gasteiger partial charge is 0.485 e. The molecule has 3 amide bonds. The summed E-state index contributed by atoms with van der Waals surface area (Å²) in [5.41, 5.74) is -1.47. The van der Waals surface area contributed by atoms with Gasteiger partial charge in [-0.05, 0) is 32.0 Å². The van der Waals surface area contributed by atoms with Crippen LogP contribution in [0.1, 0.15) is 18.4 Å². The standard InChI is InChI=1S/C17H17N3O6/c1-11-7-8-14(26-11)17(2)15(21)19(16(22)18-17)9-10-25-13-6-4-3-5-12(13)20(23)24/h3-8H,9-10H2,1-2H3,(H,18,22). The number of hydrogen-bond acceptors (Lipinski definition) is 6. The van der Waals surface area contributed by atoms with Gasteiger partial charge >= 0.3 is 11.7 Å². The fourth-order valence-corrected chi connectivity index (χ4v) is 2.75. The van der Waals surface area contributed by atoms with Crippen LogP contribution in [0.3, 0.4) is 0 Å². The number of aryl methyl sites for hydroxylation is 1. The van der Waals surface area contributed by atoms with Gasteiger partial charge in [0.1, 0.15) is 18.1 Å². The summed E-state index contributed by atoms with van der Waals surface area (Å²) >= 11 is 0. The average molecular weight is 359 g/mol. The Morgan fingerprint density at radius 3 is 2.65 bits per heavy atom. The minimum Gasteiger partial charge on any atom is -0.485 e. The van der Waals surface area contributed by atoms with Gasteiger partial charge in [-0.25, -0.2) is 4.79 Å². The average Bonchev–Trinajstić information content (AvgIpc) is 3.13. The number of rotatable bonds is 6. The molecule has 1 fully saturated rings. The van der Waals surface area contributed by atoms with E-state index in [1.54, 1.807) is 32.0 Å². The molecule has 1 aliphatic heterocycles. The lowest BCUT2D eigenvalue weighted by molar-refractivity contribution is -0.385. The molecule has 9 nitrogen and oxygen atoms in total. The van der Waals surface area contributed by atoms with Crippen LogP contribution in [0.5, 0.6) is 5.75 Å². The zero-order chi connectivity index (χ0) is 18.9. The maximum absolute atomic E-state index is 12.7. The van der Waals surface area contributed by atoms with Gasteiger partial charge in [0.25, 0.3) is 5.91 Å². The van der Waals surface area contributed by atoms with E-state index in [9.17, 15) is 19.7 Å². The number of urea groups is 1. The zero-order valence-corrected chi connectivity index (χ0v) is 14.2. The molecule has 1 N–H and O–H groups in total. The SMILES string of the molecule is Cc1ccc(C2(C)NC(=O)N(CCOc3ccccc3[N+](=O)[O-])C2=O)o1. The van der Waals surface area contributed by atoms with Crippen LogP contribution in [0.25, 0.3) is 0 Å². The third kappa shape index (κ3) is 2.99. The first-order valence-electron chi connectivity index (χ1n) is 7.90. The van der Waals surface area contributed by atoms with E-state index < -0.39 is 22.4 Å². The zero-order valence-electron chi connectivity index (χ0n) is 14.2. The highest BCUT2D eigenvalue weighted by Crippen LogP contribution is 2.30. The number of ether oxygens (including phenoxy) is 1.